The number of hydrogen-bond acceptors (Lipinski definition) is 7. The number of aromatic nitrogens is 2. The normalized spacial score (nSPS) is 10.5. The summed E-state index contributed by atoms with van der Waals surface area (Å²) >= 11 is 0. The van der Waals surface area contributed by atoms with Crippen molar-refractivity contribution < 1.29 is 23.5 Å². The fraction of sp³-hybridized carbons (Fsp3) is 0.250. The summed E-state index contributed by atoms with van der Waals surface area (Å²) in [5, 5.41) is 3.93. The molecule has 7 heteroatoms. The number of aryl methyl sites for hydroxylation is 1. The molecule has 3 rings (SSSR count). The standard InChI is InChI=1S/C20H20N2O5/c1-4-13-8-10-14(11-9-13)19-21-17(27-22-19)12-26-20(23)15-6-5-7-16(24-2)18(15)25-3/h5-11H,4,12H2,1-3H3. The molecule has 0 aliphatic rings. The van der Waals surface area contributed by atoms with Crippen molar-refractivity contribution in [2.24, 2.45) is 0 Å². The molecule has 0 N–H and O–H groups in total. The molecule has 0 atom stereocenters. The molecule has 0 saturated heterocycles. The number of carbonyl (C=O) groups is 1. The first-order chi connectivity index (χ1) is 13.2. The van der Waals surface area contributed by atoms with Crippen LogP contribution in [0.1, 0.15) is 28.7 Å². The van der Waals surface area contributed by atoms with Gasteiger partial charge in [0.05, 0.1) is 14.2 Å². The quantitative estimate of drug-likeness (QED) is 0.588. The highest BCUT2D eigenvalue weighted by molar-refractivity contribution is 5.93. The molecule has 0 amide bonds. The van der Waals surface area contributed by atoms with Gasteiger partial charge in [-0.05, 0) is 24.1 Å². The summed E-state index contributed by atoms with van der Waals surface area (Å²) in [6.45, 7) is 1.95. The Morgan fingerprint density at radius 1 is 1.07 bits per heavy atom. The first-order valence-electron chi connectivity index (χ1n) is 8.46. The van der Waals surface area contributed by atoms with Gasteiger partial charge in [-0.2, -0.15) is 4.98 Å². The molecule has 0 spiro atoms. The van der Waals surface area contributed by atoms with Crippen LogP contribution in [0.5, 0.6) is 11.5 Å². The van der Waals surface area contributed by atoms with Crippen LogP contribution in [0.25, 0.3) is 11.4 Å². The smallest absolute Gasteiger partial charge is 0.342 e. The van der Waals surface area contributed by atoms with Crippen LogP contribution in [0.15, 0.2) is 47.0 Å². The number of nitrogens with zero attached hydrogens (tertiary/aromatic N) is 2. The van der Waals surface area contributed by atoms with Crippen LogP contribution in [-0.4, -0.2) is 30.3 Å². The largest absolute Gasteiger partial charge is 0.493 e. The zero-order chi connectivity index (χ0) is 19.2. The molecule has 0 aliphatic heterocycles. The molecular formula is C20H20N2O5. The molecule has 27 heavy (non-hydrogen) atoms. The van der Waals surface area contributed by atoms with Crippen LogP contribution < -0.4 is 9.47 Å². The lowest BCUT2D eigenvalue weighted by atomic mass is 10.1. The topological polar surface area (TPSA) is 83.7 Å². The predicted molar refractivity (Wildman–Crippen MR) is 97.8 cm³/mol. The number of ether oxygens (including phenoxy) is 3. The van der Waals surface area contributed by atoms with Crippen LogP contribution >= 0.6 is 0 Å². The fourth-order valence-corrected chi connectivity index (χ4v) is 2.57. The van der Waals surface area contributed by atoms with E-state index in [2.05, 4.69) is 17.1 Å². The third-order valence-corrected chi connectivity index (χ3v) is 4.04. The molecular weight excluding hydrogens is 348 g/mol. The Bertz CT molecular complexity index is 918. The molecule has 0 unspecified atom stereocenters. The van der Waals surface area contributed by atoms with Gasteiger partial charge in [0.2, 0.25) is 5.82 Å². The van der Waals surface area contributed by atoms with Crippen molar-refractivity contribution >= 4 is 5.97 Å². The van der Waals surface area contributed by atoms with Crippen molar-refractivity contribution in [3.8, 4) is 22.9 Å². The fourth-order valence-electron chi connectivity index (χ4n) is 2.57. The number of para-hydroxylation sites is 1. The first-order valence-corrected chi connectivity index (χ1v) is 8.46. The monoisotopic (exact) mass is 368 g/mol. The third-order valence-electron chi connectivity index (χ3n) is 4.04. The summed E-state index contributed by atoms with van der Waals surface area (Å²) < 4.78 is 20.9. The minimum atomic E-state index is -0.571. The predicted octanol–water partition coefficient (Wildman–Crippen LogP) is 3.67. The van der Waals surface area contributed by atoms with E-state index >= 15 is 0 Å². The van der Waals surface area contributed by atoms with E-state index in [4.69, 9.17) is 18.7 Å². The Balaban J connectivity index is 1.69. The van der Waals surface area contributed by atoms with Crippen LogP contribution in [0.4, 0.5) is 0 Å². The summed E-state index contributed by atoms with van der Waals surface area (Å²) in [5.74, 6) is 0.843. The van der Waals surface area contributed by atoms with Crippen molar-refractivity contribution in [1.29, 1.82) is 0 Å². The average Bonchev–Trinajstić information content (AvgIpc) is 3.20. The number of carbonyl (C=O) groups excluding carboxylic acids is 1. The molecule has 0 bridgehead atoms. The summed E-state index contributed by atoms with van der Waals surface area (Å²) in [6, 6.07) is 12.9. The van der Waals surface area contributed by atoms with Gasteiger partial charge < -0.3 is 18.7 Å². The molecule has 0 radical (unpaired) electrons. The summed E-state index contributed by atoms with van der Waals surface area (Å²) in [4.78, 5) is 16.6. The van der Waals surface area contributed by atoms with Crippen LogP contribution in [0, 0.1) is 0 Å². The van der Waals surface area contributed by atoms with Crippen molar-refractivity contribution in [2.75, 3.05) is 14.2 Å². The minimum absolute atomic E-state index is 0.140. The maximum atomic E-state index is 12.4. The Labute approximate surface area is 156 Å². The van der Waals surface area contributed by atoms with E-state index in [1.807, 2.05) is 24.3 Å². The molecule has 0 aliphatic carbocycles. The maximum Gasteiger partial charge on any atom is 0.342 e. The van der Waals surface area contributed by atoms with E-state index in [1.54, 1.807) is 18.2 Å². The molecule has 1 aromatic heterocycles. The second-order valence-corrected chi connectivity index (χ2v) is 5.68. The Hall–Kier alpha value is -3.35. The van der Waals surface area contributed by atoms with E-state index < -0.39 is 5.97 Å². The van der Waals surface area contributed by atoms with Gasteiger partial charge in [-0.15, -0.1) is 0 Å². The van der Waals surface area contributed by atoms with E-state index in [9.17, 15) is 4.79 Å². The maximum absolute atomic E-state index is 12.4. The number of rotatable bonds is 7. The summed E-state index contributed by atoms with van der Waals surface area (Å²) in [5.41, 5.74) is 2.32. The molecule has 140 valence electrons. The van der Waals surface area contributed by atoms with E-state index in [-0.39, 0.29) is 18.1 Å². The summed E-state index contributed by atoms with van der Waals surface area (Å²) in [6.07, 6.45) is 0.960. The SMILES string of the molecule is CCc1ccc(-c2noc(COC(=O)c3cccc(OC)c3OC)n2)cc1. The Morgan fingerprint density at radius 3 is 2.52 bits per heavy atom. The van der Waals surface area contributed by atoms with Gasteiger partial charge in [-0.3, -0.25) is 0 Å². The van der Waals surface area contributed by atoms with Gasteiger partial charge in [-0.1, -0.05) is 42.4 Å². The minimum Gasteiger partial charge on any atom is -0.493 e. The number of benzene rings is 2. The van der Waals surface area contributed by atoms with Gasteiger partial charge in [0.15, 0.2) is 18.1 Å². The second kappa shape index (κ2) is 8.35. The van der Waals surface area contributed by atoms with Crippen LogP contribution in [0.3, 0.4) is 0 Å². The highest BCUT2D eigenvalue weighted by Crippen LogP contribution is 2.31. The molecule has 2 aromatic carbocycles. The molecule has 7 nitrogen and oxygen atoms in total. The average molecular weight is 368 g/mol. The highest BCUT2D eigenvalue weighted by Gasteiger charge is 2.19. The lowest BCUT2D eigenvalue weighted by molar-refractivity contribution is 0.0425. The molecule has 0 saturated carbocycles. The highest BCUT2D eigenvalue weighted by atomic mass is 16.6. The van der Waals surface area contributed by atoms with Gasteiger partial charge in [-0.25, -0.2) is 4.79 Å². The van der Waals surface area contributed by atoms with Gasteiger partial charge in [0.25, 0.3) is 5.89 Å². The van der Waals surface area contributed by atoms with Crippen molar-refractivity contribution in [1.82, 2.24) is 10.1 Å². The van der Waals surface area contributed by atoms with Gasteiger partial charge >= 0.3 is 5.97 Å². The lowest BCUT2D eigenvalue weighted by Crippen LogP contribution is -2.08. The third kappa shape index (κ3) is 4.08. The van der Waals surface area contributed by atoms with Gasteiger partial charge in [0, 0.05) is 5.56 Å². The zero-order valence-corrected chi connectivity index (χ0v) is 15.4. The van der Waals surface area contributed by atoms with Crippen molar-refractivity contribution in [2.45, 2.75) is 20.0 Å². The van der Waals surface area contributed by atoms with Crippen molar-refractivity contribution in [3.05, 3.63) is 59.5 Å². The Morgan fingerprint density at radius 2 is 1.85 bits per heavy atom. The molecule has 3 aromatic rings. The first kappa shape index (κ1) is 18.4. The summed E-state index contributed by atoms with van der Waals surface area (Å²) in [7, 11) is 2.96. The zero-order valence-electron chi connectivity index (χ0n) is 15.4. The number of methoxy groups -OCH3 is 2. The Kier molecular flexibility index (Phi) is 5.71. The van der Waals surface area contributed by atoms with Gasteiger partial charge in [0.1, 0.15) is 5.56 Å². The van der Waals surface area contributed by atoms with E-state index in [1.165, 1.54) is 19.8 Å². The van der Waals surface area contributed by atoms with E-state index in [0.29, 0.717) is 17.3 Å². The second-order valence-electron chi connectivity index (χ2n) is 5.68. The van der Waals surface area contributed by atoms with E-state index in [0.717, 1.165) is 12.0 Å². The molecule has 0 fully saturated rings. The number of hydrogen-bond donors (Lipinski definition) is 0. The lowest BCUT2D eigenvalue weighted by Gasteiger charge is -2.11. The van der Waals surface area contributed by atoms with Crippen LogP contribution in [-0.2, 0) is 17.8 Å². The number of esters is 1. The molecule has 1 heterocycles. The van der Waals surface area contributed by atoms with Crippen LogP contribution in [0.2, 0.25) is 0 Å². The van der Waals surface area contributed by atoms with Crippen molar-refractivity contribution in [3.63, 3.8) is 0 Å².